The van der Waals surface area contributed by atoms with E-state index in [1.165, 1.54) is 0 Å². The van der Waals surface area contributed by atoms with Gasteiger partial charge in [0.05, 0.1) is 13.1 Å². The number of aldehydes is 4. The van der Waals surface area contributed by atoms with Gasteiger partial charge in [-0.15, -0.1) is 26.0 Å². The SMILES string of the molecule is C#C.C=C.C=CC=C.C=N.CC(C)N.CS.N.O=CCNCC=O.O=CCOCC=O. The van der Waals surface area contributed by atoms with Crippen molar-refractivity contribution in [3.05, 3.63) is 38.5 Å². The van der Waals surface area contributed by atoms with Crippen LogP contribution < -0.4 is 17.2 Å². The Morgan fingerprint density at radius 1 is 0.903 bits per heavy atom. The highest BCUT2D eigenvalue weighted by Gasteiger charge is 1.77. The van der Waals surface area contributed by atoms with Gasteiger partial charge in [-0.25, -0.2) is 0 Å². The summed E-state index contributed by atoms with van der Waals surface area (Å²) in [5.74, 6) is 0. The summed E-state index contributed by atoms with van der Waals surface area (Å²) in [6.07, 6.45) is 15.6. The van der Waals surface area contributed by atoms with Crippen molar-refractivity contribution < 1.29 is 23.9 Å². The van der Waals surface area contributed by atoms with Crippen molar-refractivity contribution in [3.63, 3.8) is 0 Å². The quantitative estimate of drug-likeness (QED) is 0.0655. The van der Waals surface area contributed by atoms with E-state index in [1.807, 2.05) is 13.8 Å². The van der Waals surface area contributed by atoms with Crippen LogP contribution in [0.5, 0.6) is 0 Å². The van der Waals surface area contributed by atoms with E-state index < -0.39 is 0 Å². The zero-order chi connectivity index (χ0) is 26.1. The first-order valence-corrected chi connectivity index (χ1v) is 9.03. The van der Waals surface area contributed by atoms with Gasteiger partial charge in [0.2, 0.25) is 0 Å². The highest BCUT2D eigenvalue weighted by atomic mass is 32.1. The first-order valence-electron chi connectivity index (χ1n) is 8.13. The molecule has 0 amide bonds. The predicted octanol–water partition coefficient (Wildman–Crippen LogP) is 2.11. The van der Waals surface area contributed by atoms with Gasteiger partial charge in [0.15, 0.2) is 0 Å². The molecule has 0 rings (SSSR count). The maximum absolute atomic E-state index is 9.50. The Morgan fingerprint density at radius 2 is 1.13 bits per heavy atom. The molecule has 0 radical (unpaired) electrons. The van der Waals surface area contributed by atoms with Crippen LogP contribution in [0.4, 0.5) is 0 Å². The number of ether oxygens (including phenoxy) is 1. The fourth-order valence-corrected chi connectivity index (χ4v) is 0.365. The van der Waals surface area contributed by atoms with Gasteiger partial charge < -0.3 is 46.5 Å². The number of hydrogen-bond acceptors (Lipinski definition) is 10. The first kappa shape index (κ1) is 56.6. The van der Waals surface area contributed by atoms with Crippen molar-refractivity contribution in [2.45, 2.75) is 19.9 Å². The summed E-state index contributed by atoms with van der Waals surface area (Å²) < 4.78 is 4.40. The lowest BCUT2D eigenvalue weighted by molar-refractivity contribution is -0.116. The molecule has 0 heterocycles. The molecular formula is C21H44N4O5S. The van der Waals surface area contributed by atoms with Crippen molar-refractivity contribution in [3.8, 4) is 12.8 Å². The molecule has 0 fully saturated rings. The summed E-state index contributed by atoms with van der Waals surface area (Å²) in [6.45, 7) is 19.7. The lowest BCUT2D eigenvalue weighted by atomic mass is 10.5. The Morgan fingerprint density at radius 3 is 1.26 bits per heavy atom. The Hall–Kier alpha value is -2.68. The minimum Gasteiger partial charge on any atom is -0.367 e. The van der Waals surface area contributed by atoms with E-state index in [1.54, 1.807) is 18.4 Å². The van der Waals surface area contributed by atoms with E-state index in [2.05, 4.69) is 68.6 Å². The van der Waals surface area contributed by atoms with Crippen molar-refractivity contribution >= 4 is 44.5 Å². The number of rotatable bonds is 9. The molecule has 0 aromatic carbocycles. The molecule has 0 unspecified atom stereocenters. The molecule has 0 aliphatic rings. The van der Waals surface area contributed by atoms with E-state index >= 15 is 0 Å². The summed E-state index contributed by atoms with van der Waals surface area (Å²) in [6, 6.07) is 0.333. The molecule has 0 saturated heterocycles. The molecule has 0 bridgehead atoms. The summed E-state index contributed by atoms with van der Waals surface area (Å²) >= 11 is 3.53. The minimum absolute atomic E-state index is 0. The second kappa shape index (κ2) is 125. The molecule has 0 saturated carbocycles. The van der Waals surface area contributed by atoms with Gasteiger partial charge in [-0.2, -0.15) is 12.6 Å². The number of terminal acetylenes is 1. The third-order valence-corrected chi connectivity index (χ3v) is 0.994. The number of hydrogen-bond donors (Lipinski definition) is 5. The van der Waals surface area contributed by atoms with Crippen LogP contribution >= 0.6 is 12.6 Å². The van der Waals surface area contributed by atoms with Crippen LogP contribution in [0.2, 0.25) is 0 Å². The van der Waals surface area contributed by atoms with E-state index in [0.29, 0.717) is 31.2 Å². The third-order valence-electron chi connectivity index (χ3n) is 0.994. The fourth-order valence-electron chi connectivity index (χ4n) is 0.365. The fraction of sp³-hybridized carbons (Fsp3) is 0.381. The molecule has 0 atom stereocenters. The van der Waals surface area contributed by atoms with Gasteiger partial charge in [-0.05, 0) is 19.0 Å². The molecule has 0 aromatic heterocycles. The van der Waals surface area contributed by atoms with Gasteiger partial charge in [-0.1, -0.05) is 39.2 Å². The van der Waals surface area contributed by atoms with Gasteiger partial charge in [0.25, 0.3) is 0 Å². The molecule has 0 aliphatic carbocycles. The number of carbonyl (C=O) groups excluding carboxylic acids is 4. The Kier molecular flexibility index (Phi) is 228. The van der Waals surface area contributed by atoms with Crippen LogP contribution in [0.15, 0.2) is 38.5 Å². The lowest BCUT2D eigenvalue weighted by Crippen LogP contribution is -2.17. The summed E-state index contributed by atoms with van der Waals surface area (Å²) in [7, 11) is 0. The van der Waals surface area contributed by atoms with Crippen LogP contribution in [0, 0.1) is 18.3 Å². The zero-order valence-electron chi connectivity index (χ0n) is 19.3. The van der Waals surface area contributed by atoms with Crippen molar-refractivity contribution in [2.75, 3.05) is 32.6 Å². The molecule has 0 spiro atoms. The molecule has 0 aliphatic heterocycles. The van der Waals surface area contributed by atoms with Crippen LogP contribution in [0.1, 0.15) is 13.8 Å². The van der Waals surface area contributed by atoms with Gasteiger partial charge in [0, 0.05) is 0 Å². The van der Waals surface area contributed by atoms with Crippen LogP contribution in [0.3, 0.4) is 0 Å². The monoisotopic (exact) mass is 464 g/mol. The molecule has 184 valence electrons. The second-order valence-electron chi connectivity index (χ2n) is 3.58. The van der Waals surface area contributed by atoms with E-state index in [4.69, 9.17) is 11.1 Å². The molecule has 7 N–H and O–H groups in total. The largest absolute Gasteiger partial charge is 0.367 e. The van der Waals surface area contributed by atoms with E-state index in [9.17, 15) is 19.2 Å². The molecular weight excluding hydrogens is 420 g/mol. The maximum atomic E-state index is 9.50. The summed E-state index contributed by atoms with van der Waals surface area (Å²) in [5, 5.41) is 8.05. The van der Waals surface area contributed by atoms with Crippen molar-refractivity contribution in [2.24, 2.45) is 5.73 Å². The number of nitrogens with two attached hydrogens (primary N) is 1. The summed E-state index contributed by atoms with van der Waals surface area (Å²) in [4.78, 5) is 37.9. The average molecular weight is 465 g/mol. The lowest BCUT2D eigenvalue weighted by Gasteiger charge is -1.85. The van der Waals surface area contributed by atoms with Crippen molar-refractivity contribution in [1.82, 2.24) is 11.5 Å². The first-order chi connectivity index (χ1) is 14.5. The normalized spacial score (nSPS) is 5.94. The van der Waals surface area contributed by atoms with E-state index in [0.717, 1.165) is 0 Å². The predicted molar refractivity (Wildman–Crippen MR) is 139 cm³/mol. The number of allylic oxidation sites excluding steroid dienone is 2. The highest BCUT2D eigenvalue weighted by Crippen LogP contribution is 1.61. The molecule has 9 nitrogen and oxygen atoms in total. The number of carbonyl (C=O) groups is 4. The van der Waals surface area contributed by atoms with Gasteiger partial charge in [-0.3, -0.25) is 0 Å². The Labute approximate surface area is 195 Å². The zero-order valence-corrected chi connectivity index (χ0v) is 20.2. The topological polar surface area (TPSA) is 174 Å². The standard InChI is InChI=1S/C4H7NO2.C4H6O3.C4H6.C3H9N.C2H4.C2H2.CH3N.CH4S.H3N/c6-3-1-5-2-4-7;5-1-3-7-4-2-6;1-3-4-2;1-3(2)4;4*1-2;/h3-5H,1-2H2;1-2H,3-4H2;3-4H,1-2H2;3H,4H2,1-2H3;1-2H2;1-2H;2H,1H2;2H,1H3;1H3. The van der Waals surface area contributed by atoms with Crippen LogP contribution in [0.25, 0.3) is 0 Å². The van der Waals surface area contributed by atoms with Crippen molar-refractivity contribution in [1.29, 1.82) is 5.41 Å². The van der Waals surface area contributed by atoms with Crippen LogP contribution in [-0.2, 0) is 23.9 Å². The summed E-state index contributed by atoms with van der Waals surface area (Å²) in [5.41, 5.74) is 5.11. The Balaban J connectivity index is -0.0000000270. The smallest absolute Gasteiger partial charge is 0.145 e. The van der Waals surface area contributed by atoms with Crippen LogP contribution in [-0.4, -0.2) is 70.5 Å². The molecule has 0 aromatic rings. The number of thiol groups is 1. The highest BCUT2D eigenvalue weighted by molar-refractivity contribution is 7.79. The minimum atomic E-state index is 0. The molecule has 31 heavy (non-hydrogen) atoms. The number of nitrogens with one attached hydrogen (secondary N) is 2. The molecule has 10 heteroatoms. The van der Waals surface area contributed by atoms with E-state index in [-0.39, 0.29) is 32.5 Å². The van der Waals surface area contributed by atoms with Gasteiger partial charge in [0.1, 0.15) is 38.4 Å². The Bertz CT molecular complexity index is 298. The average Bonchev–Trinajstić information content (AvgIpc) is 2.80. The third kappa shape index (κ3) is 439. The maximum Gasteiger partial charge on any atom is 0.145 e. The second-order valence-corrected chi connectivity index (χ2v) is 3.58. The van der Waals surface area contributed by atoms with Gasteiger partial charge >= 0.3 is 0 Å².